The third kappa shape index (κ3) is 2.40. The van der Waals surface area contributed by atoms with Crippen molar-refractivity contribution in [3.63, 3.8) is 0 Å². The minimum atomic E-state index is -0.393. The molecular formula is C2H4INO2. The van der Waals surface area contributed by atoms with Gasteiger partial charge in [-0.1, -0.05) is 0 Å². The van der Waals surface area contributed by atoms with E-state index >= 15 is 0 Å². The van der Waals surface area contributed by atoms with Gasteiger partial charge in [-0.05, 0) is 0 Å². The van der Waals surface area contributed by atoms with Crippen molar-refractivity contribution in [3.8, 4) is 0 Å². The first kappa shape index (κ1) is 6.16. The van der Waals surface area contributed by atoms with Gasteiger partial charge in [0.1, 0.15) is 0 Å². The van der Waals surface area contributed by atoms with Gasteiger partial charge in [0, 0.05) is 0 Å². The summed E-state index contributed by atoms with van der Waals surface area (Å²) in [5, 5.41) is 0. The summed E-state index contributed by atoms with van der Waals surface area (Å²) in [6.45, 7) is -0.0388. The number of hydrogen-bond donors (Lipinski definition) is 1. The lowest BCUT2D eigenvalue weighted by atomic mass is 10.7. The van der Waals surface area contributed by atoms with Crippen LogP contribution < -0.4 is 5.73 Å². The van der Waals surface area contributed by atoms with Gasteiger partial charge in [0.05, 0.1) is 6.54 Å². The van der Waals surface area contributed by atoms with Gasteiger partial charge in [-0.2, -0.15) is 0 Å². The van der Waals surface area contributed by atoms with Gasteiger partial charge in [0.2, 0.25) is 0 Å². The predicted octanol–water partition coefficient (Wildman–Crippen LogP) is -0.162. The zero-order chi connectivity index (χ0) is 4.99. The molecule has 0 amide bonds. The third-order valence-electron chi connectivity index (χ3n) is 0.253. The third-order valence-corrected chi connectivity index (χ3v) is 0.744. The van der Waals surface area contributed by atoms with Gasteiger partial charge in [0.25, 0.3) is 0 Å². The van der Waals surface area contributed by atoms with E-state index in [0.29, 0.717) is 0 Å². The molecular weight excluding hydrogens is 197 g/mol. The molecule has 0 heterocycles. The largest absolute Gasteiger partial charge is 0.394 e. The second-order valence-electron chi connectivity index (χ2n) is 0.653. The summed E-state index contributed by atoms with van der Waals surface area (Å²) in [7, 11) is 0. The van der Waals surface area contributed by atoms with Crippen LogP contribution in [0.4, 0.5) is 0 Å². The average molecular weight is 201 g/mol. The molecule has 2 N–H and O–H groups in total. The zero-order valence-corrected chi connectivity index (χ0v) is 5.14. The van der Waals surface area contributed by atoms with E-state index in [1.54, 1.807) is 0 Å². The summed E-state index contributed by atoms with van der Waals surface area (Å²) < 4.78 is 4.11. The lowest BCUT2D eigenvalue weighted by Crippen LogP contribution is -2.12. The monoisotopic (exact) mass is 201 g/mol. The lowest BCUT2D eigenvalue weighted by Gasteiger charge is -1.83. The van der Waals surface area contributed by atoms with Gasteiger partial charge < -0.3 is 8.80 Å². The van der Waals surface area contributed by atoms with Crippen LogP contribution in [0, 0.1) is 0 Å². The molecule has 0 spiro atoms. The van der Waals surface area contributed by atoms with E-state index in [2.05, 4.69) is 3.07 Å². The molecule has 36 valence electrons. The Morgan fingerprint density at radius 1 is 2.00 bits per heavy atom. The van der Waals surface area contributed by atoms with Crippen molar-refractivity contribution in [3.05, 3.63) is 0 Å². The molecule has 4 heteroatoms. The summed E-state index contributed by atoms with van der Waals surface area (Å²) in [6, 6.07) is 0. The first-order chi connectivity index (χ1) is 2.81. The molecule has 0 aliphatic rings. The van der Waals surface area contributed by atoms with E-state index in [0.717, 1.165) is 0 Å². The van der Waals surface area contributed by atoms with Gasteiger partial charge in [-0.25, -0.2) is 4.79 Å². The number of nitrogens with two attached hydrogens (primary N) is 1. The molecule has 0 aromatic heterocycles. The average Bonchev–Trinajstić information content (AvgIpc) is 1.65. The summed E-state index contributed by atoms with van der Waals surface area (Å²) >= 11 is 1.48. The van der Waals surface area contributed by atoms with Crippen LogP contribution in [0.1, 0.15) is 0 Å². The summed E-state index contributed by atoms with van der Waals surface area (Å²) in [5.41, 5.74) is 4.80. The Labute approximate surface area is 49.5 Å². The minimum Gasteiger partial charge on any atom is -0.394 e. The molecule has 3 nitrogen and oxygen atoms in total. The van der Waals surface area contributed by atoms with Crippen LogP contribution in [0.2, 0.25) is 0 Å². The molecule has 0 aliphatic heterocycles. The molecule has 0 saturated carbocycles. The standard InChI is InChI=1S/C2H4INO2/c3-6-2(5)1-4/h1,4H2. The highest BCUT2D eigenvalue weighted by atomic mass is 127. The summed E-state index contributed by atoms with van der Waals surface area (Å²) in [4.78, 5) is 9.83. The van der Waals surface area contributed by atoms with E-state index in [4.69, 9.17) is 5.73 Å². The fourth-order valence-electron chi connectivity index (χ4n) is 0.0315. The van der Waals surface area contributed by atoms with E-state index in [1.807, 2.05) is 0 Å². The predicted molar refractivity (Wildman–Crippen MR) is 29.2 cm³/mol. The van der Waals surface area contributed by atoms with Crippen LogP contribution in [-0.2, 0) is 7.86 Å². The van der Waals surface area contributed by atoms with Gasteiger partial charge in [0.15, 0.2) is 23.0 Å². The second kappa shape index (κ2) is 3.35. The Morgan fingerprint density at radius 3 is 2.50 bits per heavy atom. The summed E-state index contributed by atoms with van der Waals surface area (Å²) in [5.74, 6) is -0.393. The Bertz CT molecular complexity index is 49.5. The normalized spacial score (nSPS) is 7.67. The highest BCUT2D eigenvalue weighted by molar-refractivity contribution is 14.1. The minimum absolute atomic E-state index is 0.0388. The van der Waals surface area contributed by atoms with Crippen LogP contribution >= 0.6 is 23.0 Å². The number of hydrogen-bond acceptors (Lipinski definition) is 3. The van der Waals surface area contributed by atoms with Crippen molar-refractivity contribution in [2.75, 3.05) is 6.54 Å². The van der Waals surface area contributed by atoms with Gasteiger partial charge in [-0.15, -0.1) is 0 Å². The first-order valence-corrected chi connectivity index (χ1v) is 2.21. The SMILES string of the molecule is NCC(=O)OI. The topological polar surface area (TPSA) is 52.3 Å². The van der Waals surface area contributed by atoms with Crippen LogP contribution in [0.3, 0.4) is 0 Å². The van der Waals surface area contributed by atoms with Crippen molar-refractivity contribution < 1.29 is 7.86 Å². The molecule has 0 unspecified atom stereocenters. The molecule has 0 aromatic carbocycles. The zero-order valence-electron chi connectivity index (χ0n) is 2.98. The fourth-order valence-corrected chi connectivity index (χ4v) is 0.211. The molecule has 0 aliphatic carbocycles. The van der Waals surface area contributed by atoms with Crippen molar-refractivity contribution in [1.29, 1.82) is 0 Å². The quantitative estimate of drug-likeness (QED) is 0.599. The molecule has 0 aromatic rings. The Morgan fingerprint density at radius 2 is 2.50 bits per heavy atom. The van der Waals surface area contributed by atoms with Crippen LogP contribution in [0.5, 0.6) is 0 Å². The summed E-state index contributed by atoms with van der Waals surface area (Å²) in [6.07, 6.45) is 0. The maximum Gasteiger partial charge on any atom is 0.329 e. The Kier molecular flexibility index (Phi) is 3.44. The van der Waals surface area contributed by atoms with Crippen molar-refractivity contribution >= 4 is 29.0 Å². The van der Waals surface area contributed by atoms with Crippen LogP contribution in [0.15, 0.2) is 0 Å². The van der Waals surface area contributed by atoms with Crippen molar-refractivity contribution in [2.24, 2.45) is 5.73 Å². The molecule has 0 radical (unpaired) electrons. The number of rotatable bonds is 1. The van der Waals surface area contributed by atoms with Crippen molar-refractivity contribution in [1.82, 2.24) is 0 Å². The van der Waals surface area contributed by atoms with Crippen LogP contribution in [-0.4, -0.2) is 12.5 Å². The fraction of sp³-hybridized carbons (Fsp3) is 0.500. The van der Waals surface area contributed by atoms with E-state index < -0.39 is 5.97 Å². The van der Waals surface area contributed by atoms with Gasteiger partial charge in [-0.3, -0.25) is 0 Å². The Balaban J connectivity index is 2.99. The second-order valence-corrected chi connectivity index (χ2v) is 1.09. The first-order valence-electron chi connectivity index (χ1n) is 1.32. The lowest BCUT2D eigenvalue weighted by molar-refractivity contribution is -0.129. The Hall–Kier alpha value is 0.160. The highest BCUT2D eigenvalue weighted by Crippen LogP contribution is 1.82. The van der Waals surface area contributed by atoms with E-state index in [-0.39, 0.29) is 6.54 Å². The molecule has 0 bridgehead atoms. The van der Waals surface area contributed by atoms with Crippen LogP contribution in [0.25, 0.3) is 0 Å². The number of carbonyl (C=O) groups is 1. The molecule has 6 heavy (non-hydrogen) atoms. The maximum absolute atomic E-state index is 9.83. The number of halogens is 1. The van der Waals surface area contributed by atoms with Crippen molar-refractivity contribution in [2.45, 2.75) is 0 Å². The smallest absolute Gasteiger partial charge is 0.329 e. The number of carbonyl (C=O) groups excluding carboxylic acids is 1. The maximum atomic E-state index is 9.83. The van der Waals surface area contributed by atoms with E-state index in [9.17, 15) is 4.79 Å². The highest BCUT2D eigenvalue weighted by Gasteiger charge is 1.89. The molecule has 0 saturated heterocycles. The molecule has 0 fully saturated rings. The van der Waals surface area contributed by atoms with Gasteiger partial charge >= 0.3 is 5.97 Å². The van der Waals surface area contributed by atoms with E-state index in [1.165, 1.54) is 23.0 Å². The molecule has 0 rings (SSSR count). The molecule has 0 atom stereocenters.